The Hall–Kier alpha value is -1.24. The van der Waals surface area contributed by atoms with Crippen LogP contribution in [0.5, 0.6) is 0 Å². The topological polar surface area (TPSA) is 46.2 Å². The maximum absolute atomic E-state index is 12.2. The number of rotatable bonds is 6. The van der Waals surface area contributed by atoms with Crippen LogP contribution in [0.3, 0.4) is 0 Å². The van der Waals surface area contributed by atoms with Crippen LogP contribution in [0.15, 0.2) is 53.0 Å². The van der Waals surface area contributed by atoms with E-state index in [0.717, 1.165) is 10.2 Å². The fourth-order valence-corrected chi connectivity index (χ4v) is 5.81. The highest BCUT2D eigenvalue weighted by Crippen LogP contribution is 2.44. The van der Waals surface area contributed by atoms with E-state index in [1.807, 2.05) is 53.9 Å². The van der Waals surface area contributed by atoms with E-state index in [9.17, 15) is 9.59 Å². The molecule has 0 saturated carbocycles. The van der Waals surface area contributed by atoms with E-state index in [0.29, 0.717) is 10.1 Å². The van der Waals surface area contributed by atoms with Crippen LogP contribution in [0.2, 0.25) is 0 Å². The highest BCUT2D eigenvalue weighted by molar-refractivity contribution is 9.10. The first-order valence-corrected chi connectivity index (χ1v) is 11.4. The molecule has 1 amide bonds. The normalized spacial score (nSPS) is 14.8. The fraction of sp³-hybridized carbons (Fsp3) is 0.300. The van der Waals surface area contributed by atoms with Crippen molar-refractivity contribution in [2.75, 3.05) is 16.8 Å². The molecule has 1 aliphatic rings. The zero-order chi connectivity index (χ0) is 18.4. The molecule has 6 heteroatoms. The number of nitrogens with one attached hydrogen (secondary N) is 1. The van der Waals surface area contributed by atoms with Crippen molar-refractivity contribution >= 4 is 56.8 Å². The van der Waals surface area contributed by atoms with E-state index >= 15 is 0 Å². The number of hydrogen-bond donors (Lipinski definition) is 1. The summed E-state index contributed by atoms with van der Waals surface area (Å²) in [4.78, 5) is 24.4. The Morgan fingerprint density at radius 3 is 2.50 bits per heavy atom. The minimum atomic E-state index is -0.128. The molecule has 26 heavy (non-hydrogen) atoms. The van der Waals surface area contributed by atoms with Gasteiger partial charge in [0.15, 0.2) is 5.78 Å². The van der Waals surface area contributed by atoms with Gasteiger partial charge in [-0.2, -0.15) is 0 Å². The summed E-state index contributed by atoms with van der Waals surface area (Å²) in [5.74, 6) is 2.23. The van der Waals surface area contributed by atoms with Gasteiger partial charge >= 0.3 is 0 Å². The summed E-state index contributed by atoms with van der Waals surface area (Å²) in [6, 6.07) is 15.2. The summed E-state index contributed by atoms with van der Waals surface area (Å²) in [5.41, 5.74) is 2.67. The summed E-state index contributed by atoms with van der Waals surface area (Å²) < 4.78 is 1.38. The van der Waals surface area contributed by atoms with Crippen LogP contribution >= 0.6 is 39.5 Å². The Bertz CT molecular complexity index is 774. The highest BCUT2D eigenvalue weighted by atomic mass is 79.9. The first-order valence-electron chi connectivity index (χ1n) is 8.53. The lowest BCUT2D eigenvalue weighted by Gasteiger charge is -2.21. The lowest BCUT2D eigenvalue weighted by molar-refractivity contribution is -0.116. The summed E-state index contributed by atoms with van der Waals surface area (Å²) >= 11 is 7.27. The summed E-state index contributed by atoms with van der Waals surface area (Å²) in [6.07, 6.45) is 1.65. The summed E-state index contributed by atoms with van der Waals surface area (Å²) in [6.45, 7) is 0. The zero-order valence-electron chi connectivity index (χ0n) is 14.2. The molecule has 0 unspecified atom stereocenters. The summed E-state index contributed by atoms with van der Waals surface area (Å²) in [5, 5.41) is 2.92. The molecule has 2 aromatic rings. The minimum Gasteiger partial charge on any atom is -0.326 e. The quantitative estimate of drug-likeness (QED) is 0.555. The van der Waals surface area contributed by atoms with E-state index in [4.69, 9.17) is 0 Å². The molecule has 1 N–H and O–H groups in total. The Morgan fingerprint density at radius 2 is 1.77 bits per heavy atom. The Kier molecular flexibility index (Phi) is 7.23. The van der Waals surface area contributed by atoms with Gasteiger partial charge in [0.05, 0.1) is 4.58 Å². The van der Waals surface area contributed by atoms with Crippen molar-refractivity contribution in [3.63, 3.8) is 0 Å². The molecule has 0 aromatic heterocycles. The first kappa shape index (κ1) is 19.5. The van der Waals surface area contributed by atoms with Crippen LogP contribution in [0.4, 0.5) is 5.69 Å². The predicted molar refractivity (Wildman–Crippen MR) is 115 cm³/mol. The van der Waals surface area contributed by atoms with Gasteiger partial charge in [0.25, 0.3) is 0 Å². The second-order valence-electron chi connectivity index (χ2n) is 6.03. The number of ketones is 1. The molecule has 3 rings (SSSR count). The van der Waals surface area contributed by atoms with Crippen molar-refractivity contribution in [3.05, 3.63) is 64.1 Å². The maximum atomic E-state index is 12.2. The van der Waals surface area contributed by atoms with Crippen LogP contribution in [0, 0.1) is 0 Å². The predicted octanol–water partition coefficient (Wildman–Crippen LogP) is 5.92. The van der Waals surface area contributed by atoms with Gasteiger partial charge in [-0.15, -0.1) is 23.5 Å². The SMILES string of the molecule is O=C(CCC(=O)c1ccc(Br)cc1)Nc1cccc(C2SCCCS2)c1. The van der Waals surface area contributed by atoms with Gasteiger partial charge in [-0.3, -0.25) is 9.59 Å². The van der Waals surface area contributed by atoms with Gasteiger partial charge in [0, 0.05) is 28.6 Å². The van der Waals surface area contributed by atoms with Gasteiger partial charge in [-0.1, -0.05) is 40.2 Å². The van der Waals surface area contributed by atoms with Gasteiger partial charge in [-0.25, -0.2) is 0 Å². The monoisotopic (exact) mass is 449 g/mol. The molecule has 0 spiro atoms. The van der Waals surface area contributed by atoms with E-state index in [-0.39, 0.29) is 24.5 Å². The maximum Gasteiger partial charge on any atom is 0.224 e. The van der Waals surface area contributed by atoms with Crippen LogP contribution < -0.4 is 5.32 Å². The van der Waals surface area contributed by atoms with Gasteiger partial charge in [0.2, 0.25) is 5.91 Å². The molecule has 1 aliphatic heterocycles. The smallest absolute Gasteiger partial charge is 0.224 e. The second kappa shape index (κ2) is 9.62. The lowest BCUT2D eigenvalue weighted by atomic mass is 10.1. The molecular formula is C20H20BrNO2S2. The van der Waals surface area contributed by atoms with Gasteiger partial charge < -0.3 is 5.32 Å². The number of Topliss-reactive ketones (excluding diaryl/α,β-unsaturated/α-hetero) is 1. The van der Waals surface area contributed by atoms with Crippen LogP contribution in [-0.2, 0) is 4.79 Å². The number of anilines is 1. The molecule has 1 fully saturated rings. The minimum absolute atomic E-state index is 0.0172. The van der Waals surface area contributed by atoms with Crippen LogP contribution in [-0.4, -0.2) is 23.2 Å². The Balaban J connectivity index is 1.53. The van der Waals surface area contributed by atoms with E-state index in [2.05, 4.69) is 27.3 Å². The number of benzene rings is 2. The molecule has 0 radical (unpaired) electrons. The van der Waals surface area contributed by atoms with Gasteiger partial charge in [0.1, 0.15) is 0 Å². The molecule has 136 valence electrons. The molecule has 2 aromatic carbocycles. The third-order valence-corrected chi connectivity index (χ3v) is 7.56. The largest absolute Gasteiger partial charge is 0.326 e. The van der Waals surface area contributed by atoms with E-state index < -0.39 is 0 Å². The average Bonchev–Trinajstić information content (AvgIpc) is 2.67. The number of amides is 1. The van der Waals surface area contributed by atoms with Crippen LogP contribution in [0.1, 0.15) is 39.8 Å². The molecular weight excluding hydrogens is 430 g/mol. The molecule has 0 bridgehead atoms. The lowest BCUT2D eigenvalue weighted by Crippen LogP contribution is -2.13. The molecule has 1 heterocycles. The average molecular weight is 450 g/mol. The third kappa shape index (κ3) is 5.63. The molecule has 0 atom stereocenters. The van der Waals surface area contributed by atoms with Gasteiger partial charge in [-0.05, 0) is 47.8 Å². The van der Waals surface area contributed by atoms with Crippen LogP contribution in [0.25, 0.3) is 0 Å². The molecule has 1 saturated heterocycles. The van der Waals surface area contributed by atoms with E-state index in [1.165, 1.54) is 23.5 Å². The van der Waals surface area contributed by atoms with E-state index in [1.54, 1.807) is 12.1 Å². The second-order valence-corrected chi connectivity index (χ2v) is 9.67. The Labute approximate surface area is 170 Å². The third-order valence-electron chi connectivity index (χ3n) is 4.01. The van der Waals surface area contributed by atoms with Crippen molar-refractivity contribution in [1.29, 1.82) is 0 Å². The van der Waals surface area contributed by atoms with Crippen molar-refractivity contribution in [1.82, 2.24) is 0 Å². The number of thioether (sulfide) groups is 2. The number of carbonyl (C=O) groups is 2. The standard InChI is InChI=1S/C20H20BrNO2S2/c21-16-7-5-14(6-8-16)18(23)9-10-19(24)22-17-4-1-3-15(13-17)20-25-11-2-12-26-20/h1,3-8,13,20H,2,9-12H2,(H,22,24). The first-order chi connectivity index (χ1) is 12.6. The van der Waals surface area contributed by atoms with Crippen molar-refractivity contribution in [2.45, 2.75) is 23.8 Å². The number of hydrogen-bond acceptors (Lipinski definition) is 4. The fourth-order valence-electron chi connectivity index (χ4n) is 2.67. The number of carbonyl (C=O) groups excluding carboxylic acids is 2. The molecule has 3 nitrogen and oxygen atoms in total. The van der Waals surface area contributed by atoms with Crippen molar-refractivity contribution in [3.8, 4) is 0 Å². The number of halogens is 1. The molecule has 0 aliphatic carbocycles. The van der Waals surface area contributed by atoms with Crippen molar-refractivity contribution < 1.29 is 9.59 Å². The zero-order valence-corrected chi connectivity index (χ0v) is 17.5. The van der Waals surface area contributed by atoms with Crippen molar-refractivity contribution in [2.24, 2.45) is 0 Å². The Morgan fingerprint density at radius 1 is 1.04 bits per heavy atom. The summed E-state index contributed by atoms with van der Waals surface area (Å²) in [7, 11) is 0. The highest BCUT2D eigenvalue weighted by Gasteiger charge is 2.17.